The molecule has 0 spiro atoms. The van der Waals surface area contributed by atoms with E-state index in [1.165, 1.54) is 18.2 Å². The minimum absolute atomic E-state index is 0.00727. The number of carbonyl (C=O) groups is 3. The maximum atomic E-state index is 12.6. The van der Waals surface area contributed by atoms with Crippen molar-refractivity contribution >= 4 is 23.8 Å². The lowest BCUT2D eigenvalue weighted by molar-refractivity contribution is -0.117. The van der Waals surface area contributed by atoms with E-state index in [1.54, 1.807) is 17.0 Å². The Bertz CT molecular complexity index is 1040. The summed E-state index contributed by atoms with van der Waals surface area (Å²) >= 11 is 0. The van der Waals surface area contributed by atoms with Crippen molar-refractivity contribution in [1.82, 2.24) is 14.8 Å². The molecule has 206 valence electrons. The lowest BCUT2D eigenvalue weighted by Gasteiger charge is -2.44. The predicted molar refractivity (Wildman–Crippen MR) is 142 cm³/mol. The Balaban J connectivity index is 1.42. The van der Waals surface area contributed by atoms with Crippen molar-refractivity contribution in [3.8, 4) is 5.88 Å². The molecule has 1 aliphatic heterocycles. The molecule has 1 fully saturated rings. The first-order chi connectivity index (χ1) is 18.3. The van der Waals surface area contributed by atoms with Crippen LogP contribution >= 0.6 is 0 Å². The van der Waals surface area contributed by atoms with Crippen LogP contribution in [0.2, 0.25) is 0 Å². The van der Waals surface area contributed by atoms with Crippen LogP contribution in [-0.4, -0.2) is 84.9 Å². The summed E-state index contributed by atoms with van der Waals surface area (Å²) in [7, 11) is 1.27. The first-order valence-electron chi connectivity index (χ1n) is 12.7. The van der Waals surface area contributed by atoms with E-state index in [-0.39, 0.29) is 37.7 Å². The monoisotopic (exact) mass is 527 g/mol. The number of rotatable bonds is 11. The number of hydrogen-bond donors (Lipinski definition) is 1. The van der Waals surface area contributed by atoms with Crippen molar-refractivity contribution in [2.75, 3.05) is 44.8 Å². The van der Waals surface area contributed by atoms with Gasteiger partial charge in [-0.05, 0) is 31.9 Å². The first-order valence-corrected chi connectivity index (χ1v) is 12.7. The number of methoxy groups -OCH3 is 1. The van der Waals surface area contributed by atoms with Gasteiger partial charge in [0.1, 0.15) is 6.61 Å². The number of aromatic nitrogens is 1. The van der Waals surface area contributed by atoms with E-state index in [0.29, 0.717) is 31.3 Å². The van der Waals surface area contributed by atoms with Crippen LogP contribution in [-0.2, 0) is 20.9 Å². The number of piperazine rings is 1. The van der Waals surface area contributed by atoms with E-state index in [2.05, 4.69) is 23.7 Å². The van der Waals surface area contributed by atoms with E-state index in [4.69, 9.17) is 19.9 Å². The summed E-state index contributed by atoms with van der Waals surface area (Å²) < 4.78 is 16.1. The van der Waals surface area contributed by atoms with Gasteiger partial charge in [0.05, 0.1) is 25.6 Å². The molecule has 0 bridgehead atoms. The molecular formula is C27H37N5O6. The van der Waals surface area contributed by atoms with Gasteiger partial charge in [0.2, 0.25) is 11.8 Å². The smallest absolute Gasteiger partial charge is 0.414 e. The summed E-state index contributed by atoms with van der Waals surface area (Å²) in [5, 5.41) is 0. The number of nitrogens with two attached hydrogens (primary N) is 1. The van der Waals surface area contributed by atoms with Gasteiger partial charge in [-0.1, -0.05) is 30.3 Å². The number of ether oxygens (including phenoxy) is 3. The van der Waals surface area contributed by atoms with Crippen LogP contribution in [0.5, 0.6) is 5.88 Å². The van der Waals surface area contributed by atoms with Crippen LogP contribution in [0.1, 0.15) is 32.3 Å². The third kappa shape index (κ3) is 8.34. The van der Waals surface area contributed by atoms with Gasteiger partial charge in [-0.2, -0.15) is 0 Å². The standard InChI is InChI=1S/C27H37N5O6/c1-20-17-30(26(34)38-19-22-8-5-4-6-9-22)18-21(2)31(20)13-7-15-37-25-11-10-23(16-29-25)32(27(35)36-3)14-12-24(28)33/h4-6,8-11,16,20-21H,7,12-15,17-19H2,1-3H3,(H2,28,33)/t20-,21+. The molecule has 1 aliphatic rings. The Morgan fingerprint density at radius 2 is 1.79 bits per heavy atom. The lowest BCUT2D eigenvalue weighted by atomic mass is 10.1. The van der Waals surface area contributed by atoms with Crippen LogP contribution in [0, 0.1) is 0 Å². The maximum Gasteiger partial charge on any atom is 0.414 e. The Morgan fingerprint density at radius 1 is 1.08 bits per heavy atom. The molecule has 2 heterocycles. The largest absolute Gasteiger partial charge is 0.478 e. The van der Waals surface area contributed by atoms with Gasteiger partial charge in [-0.25, -0.2) is 14.6 Å². The molecule has 3 amide bonds. The fourth-order valence-electron chi connectivity index (χ4n) is 4.46. The second-order valence-corrected chi connectivity index (χ2v) is 9.28. The molecule has 1 aromatic heterocycles. The Labute approximate surface area is 223 Å². The number of primary amides is 1. The molecule has 0 unspecified atom stereocenters. The minimum atomic E-state index is -0.602. The van der Waals surface area contributed by atoms with Crippen molar-refractivity contribution in [3.05, 3.63) is 54.2 Å². The second-order valence-electron chi connectivity index (χ2n) is 9.28. The number of amides is 3. The Kier molecular flexibility index (Phi) is 10.7. The van der Waals surface area contributed by atoms with Crippen molar-refractivity contribution in [2.45, 2.75) is 45.4 Å². The van der Waals surface area contributed by atoms with Crippen molar-refractivity contribution in [2.24, 2.45) is 5.73 Å². The van der Waals surface area contributed by atoms with E-state index in [0.717, 1.165) is 18.5 Å². The molecule has 0 aliphatic carbocycles. The van der Waals surface area contributed by atoms with E-state index >= 15 is 0 Å². The average molecular weight is 528 g/mol. The van der Waals surface area contributed by atoms with Crippen molar-refractivity contribution in [1.29, 1.82) is 0 Å². The normalized spacial score (nSPS) is 17.5. The molecular weight excluding hydrogens is 490 g/mol. The van der Waals surface area contributed by atoms with Crippen molar-refractivity contribution < 1.29 is 28.6 Å². The number of benzene rings is 1. The number of carbonyl (C=O) groups excluding carboxylic acids is 3. The van der Waals surface area contributed by atoms with Gasteiger partial charge in [-0.3, -0.25) is 14.6 Å². The summed E-state index contributed by atoms with van der Waals surface area (Å²) in [6, 6.07) is 13.4. The van der Waals surface area contributed by atoms with Gasteiger partial charge >= 0.3 is 12.2 Å². The molecule has 2 atom stereocenters. The highest BCUT2D eigenvalue weighted by Gasteiger charge is 2.32. The van der Waals surface area contributed by atoms with Crippen molar-refractivity contribution in [3.63, 3.8) is 0 Å². The molecule has 38 heavy (non-hydrogen) atoms. The summed E-state index contributed by atoms with van der Waals surface area (Å²) in [4.78, 5) is 45.4. The molecule has 3 rings (SSSR count). The first kappa shape index (κ1) is 28.7. The third-order valence-electron chi connectivity index (χ3n) is 6.38. The van der Waals surface area contributed by atoms with Crippen LogP contribution < -0.4 is 15.4 Å². The molecule has 0 saturated carbocycles. The Hall–Kier alpha value is -3.86. The zero-order chi connectivity index (χ0) is 27.5. The van der Waals surface area contributed by atoms with Crippen LogP contribution in [0.25, 0.3) is 0 Å². The van der Waals surface area contributed by atoms with E-state index in [9.17, 15) is 14.4 Å². The van der Waals surface area contributed by atoms with Crippen LogP contribution in [0.15, 0.2) is 48.7 Å². The molecule has 11 heteroatoms. The zero-order valence-corrected chi connectivity index (χ0v) is 22.2. The maximum absolute atomic E-state index is 12.6. The van der Waals surface area contributed by atoms with E-state index in [1.807, 2.05) is 30.3 Å². The summed E-state index contributed by atoms with van der Waals surface area (Å²) in [6.07, 6.45) is 1.39. The SMILES string of the molecule is COC(=O)N(CCC(N)=O)c1ccc(OCCCN2[C@H](C)CN(C(=O)OCc3ccccc3)C[C@@H]2C)nc1. The average Bonchev–Trinajstić information content (AvgIpc) is 2.91. The molecule has 1 aromatic carbocycles. The highest BCUT2D eigenvalue weighted by atomic mass is 16.6. The number of anilines is 1. The zero-order valence-electron chi connectivity index (χ0n) is 22.2. The molecule has 2 N–H and O–H groups in total. The molecule has 1 saturated heterocycles. The second kappa shape index (κ2) is 14.2. The highest BCUT2D eigenvalue weighted by molar-refractivity contribution is 5.88. The fraction of sp³-hybridized carbons (Fsp3) is 0.481. The van der Waals surface area contributed by atoms with Crippen LogP contribution in [0.4, 0.5) is 15.3 Å². The quantitative estimate of drug-likeness (QED) is 0.442. The van der Waals surface area contributed by atoms with Gasteiger partial charge < -0.3 is 24.8 Å². The van der Waals surface area contributed by atoms with E-state index < -0.39 is 12.0 Å². The molecule has 2 aromatic rings. The van der Waals surface area contributed by atoms with Gasteiger partial charge in [0, 0.05) is 50.7 Å². The summed E-state index contributed by atoms with van der Waals surface area (Å²) in [6.45, 7) is 7.08. The van der Waals surface area contributed by atoms with Crippen LogP contribution in [0.3, 0.4) is 0 Å². The highest BCUT2D eigenvalue weighted by Crippen LogP contribution is 2.20. The minimum Gasteiger partial charge on any atom is -0.478 e. The summed E-state index contributed by atoms with van der Waals surface area (Å²) in [5.41, 5.74) is 6.64. The number of pyridine rings is 1. The van der Waals surface area contributed by atoms with Gasteiger partial charge in [0.25, 0.3) is 0 Å². The molecule has 11 nitrogen and oxygen atoms in total. The lowest BCUT2D eigenvalue weighted by Crippen LogP contribution is -2.58. The predicted octanol–water partition coefficient (Wildman–Crippen LogP) is 3.03. The third-order valence-corrected chi connectivity index (χ3v) is 6.38. The number of hydrogen-bond acceptors (Lipinski definition) is 8. The van der Waals surface area contributed by atoms with Gasteiger partial charge in [0.15, 0.2) is 0 Å². The summed E-state index contributed by atoms with van der Waals surface area (Å²) in [5.74, 6) is -0.0830. The topological polar surface area (TPSA) is 128 Å². The fourth-order valence-corrected chi connectivity index (χ4v) is 4.46. The van der Waals surface area contributed by atoms with Gasteiger partial charge in [-0.15, -0.1) is 0 Å². The Morgan fingerprint density at radius 3 is 2.39 bits per heavy atom. The molecule has 0 radical (unpaired) electrons. The number of nitrogens with zero attached hydrogens (tertiary/aromatic N) is 4.